The van der Waals surface area contributed by atoms with Gasteiger partial charge >= 0.3 is 0 Å². The second-order valence-corrected chi connectivity index (χ2v) is 6.49. The molecule has 14 heavy (non-hydrogen) atoms. The molecule has 0 aromatic carbocycles. The summed E-state index contributed by atoms with van der Waals surface area (Å²) in [5.41, 5.74) is 0.495. The lowest BCUT2D eigenvalue weighted by Gasteiger charge is -2.61. The van der Waals surface area contributed by atoms with Crippen LogP contribution >= 0.6 is 0 Å². The zero-order chi connectivity index (χ0) is 10.5. The van der Waals surface area contributed by atoms with Crippen molar-refractivity contribution in [3.05, 3.63) is 0 Å². The average molecular weight is 216 g/mol. The molecule has 0 aromatic heterocycles. The summed E-state index contributed by atoms with van der Waals surface area (Å²) >= 11 is -1.10. The molecule has 0 amide bonds. The van der Waals surface area contributed by atoms with E-state index in [4.69, 9.17) is 4.18 Å². The van der Waals surface area contributed by atoms with E-state index in [1.807, 2.05) is 0 Å². The minimum atomic E-state index is -1.10. The summed E-state index contributed by atoms with van der Waals surface area (Å²) in [6.45, 7) is 6.97. The molecule has 1 unspecified atom stereocenters. The van der Waals surface area contributed by atoms with E-state index in [0.717, 1.165) is 18.3 Å². The average Bonchev–Trinajstić information content (AvgIpc) is 2.06. The van der Waals surface area contributed by atoms with Crippen molar-refractivity contribution < 1.29 is 8.39 Å². The molecule has 3 aliphatic rings. The van der Waals surface area contributed by atoms with Crippen LogP contribution in [0.25, 0.3) is 0 Å². The second kappa shape index (κ2) is 3.31. The Balaban J connectivity index is 2.04. The highest BCUT2D eigenvalue weighted by Crippen LogP contribution is 2.61. The van der Waals surface area contributed by atoms with Crippen LogP contribution in [0.1, 0.15) is 33.6 Å². The highest BCUT2D eigenvalue weighted by molar-refractivity contribution is 7.79. The summed E-state index contributed by atoms with van der Waals surface area (Å²) in [6, 6.07) is 0. The molecule has 3 saturated carbocycles. The molecule has 0 N–H and O–H groups in total. The summed E-state index contributed by atoms with van der Waals surface area (Å²) in [4.78, 5) is 0. The van der Waals surface area contributed by atoms with Gasteiger partial charge in [-0.2, -0.15) is 0 Å². The Labute approximate surface area is 89.1 Å². The predicted molar refractivity (Wildman–Crippen MR) is 58.1 cm³/mol. The van der Waals surface area contributed by atoms with Gasteiger partial charge in [-0.05, 0) is 36.0 Å². The molecule has 0 heterocycles. The van der Waals surface area contributed by atoms with Crippen LogP contribution in [0.2, 0.25) is 0 Å². The van der Waals surface area contributed by atoms with Crippen molar-refractivity contribution in [1.82, 2.24) is 0 Å². The Morgan fingerprint density at radius 1 is 1.36 bits per heavy atom. The first-order valence-electron chi connectivity index (χ1n) is 5.43. The van der Waals surface area contributed by atoms with Gasteiger partial charge in [0.1, 0.15) is 0 Å². The third-order valence-electron chi connectivity index (χ3n) is 4.54. The molecule has 2 nitrogen and oxygen atoms in total. The van der Waals surface area contributed by atoms with E-state index in [2.05, 4.69) is 20.8 Å². The topological polar surface area (TPSA) is 26.3 Å². The van der Waals surface area contributed by atoms with Crippen LogP contribution in [0.4, 0.5) is 0 Å². The minimum Gasteiger partial charge on any atom is -0.287 e. The normalized spacial score (nSPS) is 46.9. The number of rotatable bonds is 2. The summed E-state index contributed by atoms with van der Waals surface area (Å²) in [6.07, 6.45) is 4.31. The lowest BCUT2D eigenvalue weighted by molar-refractivity contribution is -0.144. The highest BCUT2D eigenvalue weighted by atomic mass is 32.2. The van der Waals surface area contributed by atoms with Gasteiger partial charge in [-0.3, -0.25) is 4.18 Å². The van der Waals surface area contributed by atoms with Gasteiger partial charge in [-0.15, -0.1) is 0 Å². The second-order valence-electron chi connectivity index (χ2n) is 5.49. The van der Waals surface area contributed by atoms with Crippen molar-refractivity contribution in [2.45, 2.75) is 39.7 Å². The first-order chi connectivity index (χ1) is 6.43. The molecule has 82 valence electrons. The molecule has 3 fully saturated rings. The maximum Gasteiger partial charge on any atom is 0.152 e. The smallest absolute Gasteiger partial charge is 0.152 e. The van der Waals surface area contributed by atoms with Crippen LogP contribution in [0.15, 0.2) is 0 Å². The third kappa shape index (κ3) is 1.45. The molecular formula is C11H20O2S. The summed E-state index contributed by atoms with van der Waals surface area (Å²) in [5, 5.41) is 0. The van der Waals surface area contributed by atoms with Gasteiger partial charge in [0.05, 0.1) is 6.10 Å². The van der Waals surface area contributed by atoms with Crippen molar-refractivity contribution in [3.8, 4) is 0 Å². The van der Waals surface area contributed by atoms with E-state index < -0.39 is 11.1 Å². The number of fused-ring (bicyclic) bond motifs is 2. The van der Waals surface area contributed by atoms with Gasteiger partial charge in [-0.1, -0.05) is 20.8 Å². The standard InChI is InChI=1S/C11H20O2S/c1-7-9-5-8(11(9,2)3)6-10(7)13-14(4)12/h7-10H,5-6H2,1-4H3/t7-,8+,9-,10-,14?/m0/s1. The van der Waals surface area contributed by atoms with Gasteiger partial charge in [-0.25, -0.2) is 4.21 Å². The van der Waals surface area contributed by atoms with Crippen molar-refractivity contribution in [1.29, 1.82) is 0 Å². The van der Waals surface area contributed by atoms with E-state index in [1.54, 1.807) is 6.26 Å². The summed E-state index contributed by atoms with van der Waals surface area (Å²) in [7, 11) is 0. The molecule has 3 rings (SSSR count). The molecule has 0 aromatic rings. The first-order valence-corrected chi connectivity index (χ1v) is 6.91. The Kier molecular flexibility index (Phi) is 2.51. The fourth-order valence-corrected chi connectivity index (χ4v) is 4.01. The monoisotopic (exact) mass is 216 g/mol. The molecule has 5 atom stereocenters. The van der Waals surface area contributed by atoms with Gasteiger partial charge in [0.25, 0.3) is 0 Å². The van der Waals surface area contributed by atoms with E-state index in [1.165, 1.54) is 6.42 Å². The zero-order valence-electron chi connectivity index (χ0n) is 9.45. The SMILES string of the molecule is C[C@@H]1[C@@H](OS(C)=O)C[C@H]2C[C@@H]1C2(C)C. The van der Waals surface area contributed by atoms with E-state index in [9.17, 15) is 4.21 Å². The summed E-state index contributed by atoms with van der Waals surface area (Å²) in [5.74, 6) is 2.13. The lowest BCUT2D eigenvalue weighted by Crippen LogP contribution is -2.57. The Morgan fingerprint density at radius 2 is 2.00 bits per heavy atom. The molecule has 0 radical (unpaired) electrons. The molecule has 3 heteroatoms. The fourth-order valence-electron chi connectivity index (χ4n) is 3.40. The Bertz CT molecular complexity index is 262. The fraction of sp³-hybridized carbons (Fsp3) is 1.00. The van der Waals surface area contributed by atoms with Crippen molar-refractivity contribution in [2.24, 2.45) is 23.2 Å². The van der Waals surface area contributed by atoms with Gasteiger partial charge in [0, 0.05) is 6.26 Å². The third-order valence-corrected chi connectivity index (χ3v) is 5.06. The molecular weight excluding hydrogens is 196 g/mol. The summed E-state index contributed by atoms with van der Waals surface area (Å²) < 4.78 is 16.5. The van der Waals surface area contributed by atoms with Crippen molar-refractivity contribution in [3.63, 3.8) is 0 Å². The van der Waals surface area contributed by atoms with Crippen LogP contribution in [-0.4, -0.2) is 16.6 Å². The molecule has 0 saturated heterocycles. The molecule has 0 spiro atoms. The van der Waals surface area contributed by atoms with Crippen LogP contribution < -0.4 is 0 Å². The maximum atomic E-state index is 11.0. The van der Waals surface area contributed by atoms with Gasteiger partial charge in [0.2, 0.25) is 0 Å². The van der Waals surface area contributed by atoms with Crippen LogP contribution in [0.5, 0.6) is 0 Å². The zero-order valence-corrected chi connectivity index (χ0v) is 10.3. The first kappa shape index (κ1) is 10.6. The van der Waals surface area contributed by atoms with E-state index in [0.29, 0.717) is 11.3 Å². The molecule has 3 aliphatic carbocycles. The quantitative estimate of drug-likeness (QED) is 0.708. The Hall–Kier alpha value is 0.110. The largest absolute Gasteiger partial charge is 0.287 e. The van der Waals surface area contributed by atoms with Crippen LogP contribution in [0.3, 0.4) is 0 Å². The van der Waals surface area contributed by atoms with E-state index in [-0.39, 0.29) is 6.10 Å². The Morgan fingerprint density at radius 3 is 2.43 bits per heavy atom. The molecule has 0 aliphatic heterocycles. The number of hydrogen-bond donors (Lipinski definition) is 0. The number of hydrogen-bond acceptors (Lipinski definition) is 2. The van der Waals surface area contributed by atoms with Crippen LogP contribution in [0, 0.1) is 23.2 Å². The maximum absolute atomic E-state index is 11.0. The lowest BCUT2D eigenvalue weighted by atomic mass is 9.45. The van der Waals surface area contributed by atoms with Crippen molar-refractivity contribution in [2.75, 3.05) is 6.26 Å². The highest BCUT2D eigenvalue weighted by Gasteiger charge is 2.56. The van der Waals surface area contributed by atoms with Crippen LogP contribution in [-0.2, 0) is 15.3 Å². The van der Waals surface area contributed by atoms with Gasteiger partial charge in [0.15, 0.2) is 11.1 Å². The molecule has 2 bridgehead atoms. The minimum absolute atomic E-state index is 0.234. The predicted octanol–water partition coefficient (Wildman–Crippen LogP) is 2.37. The van der Waals surface area contributed by atoms with Crippen molar-refractivity contribution >= 4 is 11.1 Å². The van der Waals surface area contributed by atoms with E-state index >= 15 is 0 Å². The van der Waals surface area contributed by atoms with Gasteiger partial charge < -0.3 is 0 Å².